The quantitative estimate of drug-likeness (QED) is 0.374. The van der Waals surface area contributed by atoms with Crippen LogP contribution in [-0.2, 0) is 25.6 Å². The molecule has 4 atom stereocenters. The number of hydrogen-bond acceptors (Lipinski definition) is 6. The minimum Gasteiger partial charge on any atom is -0.491 e. The molecule has 11 heteroatoms. The fraction of sp³-hybridized carbons (Fsp3) is 0.500. The minimum absolute atomic E-state index is 0.0434. The van der Waals surface area contributed by atoms with Crippen LogP contribution in [0.1, 0.15) is 63.4 Å². The summed E-state index contributed by atoms with van der Waals surface area (Å²) in [5, 5.41) is 11.3. The average Bonchev–Trinajstić information content (AvgIpc) is 3.00. The van der Waals surface area contributed by atoms with Crippen LogP contribution in [0.3, 0.4) is 0 Å². The van der Waals surface area contributed by atoms with Crippen molar-refractivity contribution in [3.63, 3.8) is 0 Å². The lowest BCUT2D eigenvalue weighted by Gasteiger charge is -2.32. The summed E-state index contributed by atoms with van der Waals surface area (Å²) in [7, 11) is 1.50. The Balaban J connectivity index is 1.95. The number of likely N-dealkylation sites (N-methyl/N-ethyl adjacent to an activating group) is 1. The zero-order valence-corrected chi connectivity index (χ0v) is 27.1. The zero-order valence-electron chi connectivity index (χ0n) is 27.1. The van der Waals surface area contributed by atoms with Gasteiger partial charge >= 0.3 is 0 Å². The minimum atomic E-state index is -1.22. The van der Waals surface area contributed by atoms with Gasteiger partial charge in [0.25, 0.3) is 5.91 Å². The second kappa shape index (κ2) is 16.6. The Morgan fingerprint density at radius 3 is 2.27 bits per heavy atom. The highest BCUT2D eigenvalue weighted by atomic mass is 16.5. The number of carbonyl (C=O) groups excluding carboxylic acids is 5. The highest BCUT2D eigenvalue weighted by Crippen LogP contribution is 2.20. The Labute approximate surface area is 265 Å². The molecule has 244 valence electrons. The normalized spacial score (nSPS) is 22.1. The second-order valence-electron chi connectivity index (χ2n) is 12.4. The molecule has 1 aliphatic rings. The Kier molecular flexibility index (Phi) is 12.9. The molecule has 1 heterocycles. The zero-order chi connectivity index (χ0) is 33.1. The molecule has 0 saturated carbocycles. The number of para-hydroxylation sites is 1. The van der Waals surface area contributed by atoms with Gasteiger partial charge in [-0.3, -0.25) is 24.0 Å². The number of benzene rings is 2. The SMILES string of the molecule is CC(C)C[C@H]1C(=O)N[C@H](C(C)C)C(=O)N[C@@H](C)COc2ccccc2C(=O)N[C@H](C(=O)NCCc2ccccc2)CC(=O)N1C. The van der Waals surface area contributed by atoms with Crippen LogP contribution in [-0.4, -0.2) is 78.8 Å². The van der Waals surface area contributed by atoms with E-state index < -0.39 is 47.8 Å². The van der Waals surface area contributed by atoms with Gasteiger partial charge in [0.1, 0.15) is 30.5 Å². The topological polar surface area (TPSA) is 146 Å². The number of carbonyl (C=O) groups is 5. The molecular formula is C34H47N5O6. The number of fused-ring (bicyclic) bond motifs is 1. The first-order chi connectivity index (χ1) is 21.4. The number of rotatable bonds is 7. The van der Waals surface area contributed by atoms with Crippen LogP contribution in [0.25, 0.3) is 0 Å². The predicted molar refractivity (Wildman–Crippen MR) is 171 cm³/mol. The fourth-order valence-corrected chi connectivity index (χ4v) is 5.08. The molecule has 0 bridgehead atoms. The summed E-state index contributed by atoms with van der Waals surface area (Å²) < 4.78 is 5.93. The van der Waals surface area contributed by atoms with Gasteiger partial charge in [0.15, 0.2) is 0 Å². The first-order valence-corrected chi connectivity index (χ1v) is 15.6. The molecule has 1 aliphatic heterocycles. The average molecular weight is 622 g/mol. The molecular weight excluding hydrogens is 574 g/mol. The molecule has 0 unspecified atom stereocenters. The maximum absolute atomic E-state index is 13.7. The van der Waals surface area contributed by atoms with Gasteiger partial charge in [0.05, 0.1) is 18.0 Å². The van der Waals surface area contributed by atoms with Crippen LogP contribution in [0.4, 0.5) is 0 Å². The molecule has 0 radical (unpaired) electrons. The van der Waals surface area contributed by atoms with Crippen molar-refractivity contribution in [3.05, 3.63) is 65.7 Å². The van der Waals surface area contributed by atoms with Crippen molar-refractivity contribution in [1.29, 1.82) is 0 Å². The Morgan fingerprint density at radius 1 is 0.933 bits per heavy atom. The third-order valence-electron chi connectivity index (χ3n) is 7.67. The van der Waals surface area contributed by atoms with E-state index in [0.717, 1.165) is 5.56 Å². The maximum Gasteiger partial charge on any atom is 0.255 e. The van der Waals surface area contributed by atoms with E-state index in [9.17, 15) is 24.0 Å². The molecule has 0 aromatic heterocycles. The standard InChI is InChI=1S/C34H47N5O6/c1-21(2)18-27-33(43)38-30(22(3)4)34(44)36-23(5)20-45-28-15-11-10-14-25(28)31(41)37-26(19-29(40)39(27)6)32(42)35-17-16-24-12-8-7-9-13-24/h7-15,21-23,26-27,30H,16-20H2,1-6H3,(H,35,42)(H,36,44)(H,37,41)(H,38,43)/t23-,26-,27-,30+/m0/s1. The highest BCUT2D eigenvalue weighted by Gasteiger charge is 2.35. The molecule has 5 amide bonds. The van der Waals surface area contributed by atoms with Crippen molar-refractivity contribution in [3.8, 4) is 5.75 Å². The summed E-state index contributed by atoms with van der Waals surface area (Å²) in [4.78, 5) is 68.9. The van der Waals surface area contributed by atoms with E-state index in [4.69, 9.17) is 4.74 Å². The molecule has 4 N–H and O–H groups in total. The summed E-state index contributed by atoms with van der Waals surface area (Å²) in [6.07, 6.45) is 0.518. The Bertz CT molecular complexity index is 1330. The number of nitrogens with zero attached hydrogens (tertiary/aromatic N) is 1. The van der Waals surface area contributed by atoms with Gasteiger partial charge in [0, 0.05) is 13.6 Å². The second-order valence-corrected chi connectivity index (χ2v) is 12.4. The van der Waals surface area contributed by atoms with E-state index in [2.05, 4.69) is 21.3 Å². The summed E-state index contributed by atoms with van der Waals surface area (Å²) in [5.74, 6) is -2.41. The molecule has 11 nitrogen and oxygen atoms in total. The number of hydrogen-bond donors (Lipinski definition) is 4. The third kappa shape index (κ3) is 10.3. The van der Waals surface area contributed by atoms with Gasteiger partial charge < -0.3 is 30.9 Å². The van der Waals surface area contributed by atoms with E-state index in [1.54, 1.807) is 31.2 Å². The molecule has 0 fully saturated rings. The fourth-order valence-electron chi connectivity index (χ4n) is 5.08. The van der Waals surface area contributed by atoms with Crippen molar-refractivity contribution in [1.82, 2.24) is 26.2 Å². The first-order valence-electron chi connectivity index (χ1n) is 15.6. The molecule has 0 aliphatic carbocycles. The lowest BCUT2D eigenvalue weighted by molar-refractivity contribution is -0.142. The number of nitrogens with one attached hydrogen (secondary N) is 4. The van der Waals surface area contributed by atoms with Crippen LogP contribution >= 0.6 is 0 Å². The monoisotopic (exact) mass is 621 g/mol. The van der Waals surface area contributed by atoms with E-state index in [1.807, 2.05) is 58.0 Å². The van der Waals surface area contributed by atoms with E-state index in [-0.39, 0.29) is 42.1 Å². The lowest BCUT2D eigenvalue weighted by atomic mass is 9.98. The van der Waals surface area contributed by atoms with Crippen LogP contribution < -0.4 is 26.0 Å². The van der Waals surface area contributed by atoms with Gasteiger partial charge in [-0.1, -0.05) is 70.2 Å². The van der Waals surface area contributed by atoms with Crippen molar-refractivity contribution < 1.29 is 28.7 Å². The van der Waals surface area contributed by atoms with Crippen molar-refractivity contribution in [2.24, 2.45) is 11.8 Å². The van der Waals surface area contributed by atoms with Crippen LogP contribution in [0.2, 0.25) is 0 Å². The molecule has 3 rings (SSSR count). The summed E-state index contributed by atoms with van der Waals surface area (Å²) in [5.41, 5.74) is 1.21. The van der Waals surface area contributed by atoms with E-state index >= 15 is 0 Å². The summed E-state index contributed by atoms with van der Waals surface area (Å²) >= 11 is 0. The first kappa shape index (κ1) is 35.1. The molecule has 0 spiro atoms. The highest BCUT2D eigenvalue weighted by molar-refractivity contribution is 6.01. The van der Waals surface area contributed by atoms with Crippen LogP contribution in [0.5, 0.6) is 5.75 Å². The molecule has 0 saturated heterocycles. The van der Waals surface area contributed by atoms with Crippen molar-refractivity contribution in [2.45, 2.75) is 78.0 Å². The van der Waals surface area contributed by atoms with Gasteiger partial charge in [-0.05, 0) is 49.3 Å². The van der Waals surface area contributed by atoms with Gasteiger partial charge in [-0.2, -0.15) is 0 Å². The van der Waals surface area contributed by atoms with Crippen LogP contribution in [0, 0.1) is 11.8 Å². The molecule has 2 aromatic carbocycles. The van der Waals surface area contributed by atoms with Crippen molar-refractivity contribution >= 4 is 29.5 Å². The van der Waals surface area contributed by atoms with Gasteiger partial charge in [-0.15, -0.1) is 0 Å². The van der Waals surface area contributed by atoms with Gasteiger partial charge in [0.2, 0.25) is 23.6 Å². The molecule has 45 heavy (non-hydrogen) atoms. The summed E-state index contributed by atoms with van der Waals surface area (Å²) in [6, 6.07) is 12.8. The maximum atomic E-state index is 13.7. The largest absolute Gasteiger partial charge is 0.491 e. The Hall–Kier alpha value is -4.41. The lowest BCUT2D eigenvalue weighted by Crippen LogP contribution is -2.57. The molecule has 2 aromatic rings. The van der Waals surface area contributed by atoms with E-state index in [0.29, 0.717) is 19.4 Å². The van der Waals surface area contributed by atoms with E-state index in [1.165, 1.54) is 11.9 Å². The smallest absolute Gasteiger partial charge is 0.255 e. The number of ether oxygens (including phenoxy) is 1. The van der Waals surface area contributed by atoms with Crippen molar-refractivity contribution in [2.75, 3.05) is 20.2 Å². The predicted octanol–water partition coefficient (Wildman–Crippen LogP) is 2.45. The third-order valence-corrected chi connectivity index (χ3v) is 7.67. The summed E-state index contributed by atoms with van der Waals surface area (Å²) in [6.45, 7) is 9.64. The van der Waals surface area contributed by atoms with Crippen LogP contribution in [0.15, 0.2) is 54.6 Å². The Morgan fingerprint density at radius 2 is 1.60 bits per heavy atom. The van der Waals surface area contributed by atoms with Gasteiger partial charge in [-0.25, -0.2) is 0 Å². The number of amides is 5.